The Bertz CT molecular complexity index is 586. The first-order valence-corrected chi connectivity index (χ1v) is 6.52. The molecule has 4 nitrogen and oxygen atoms in total. The summed E-state index contributed by atoms with van der Waals surface area (Å²) in [5.41, 5.74) is 1.61. The summed E-state index contributed by atoms with van der Waals surface area (Å²) in [6, 6.07) is 9.60. The molecule has 0 bridgehead atoms. The lowest BCUT2D eigenvalue weighted by molar-refractivity contribution is 0.0676. The van der Waals surface area contributed by atoms with Crippen molar-refractivity contribution in [3.63, 3.8) is 0 Å². The Hall–Kier alpha value is -1.78. The van der Waals surface area contributed by atoms with Gasteiger partial charge in [0.25, 0.3) is 0 Å². The molecule has 1 atom stereocenters. The van der Waals surface area contributed by atoms with E-state index in [1.807, 2.05) is 30.3 Å². The van der Waals surface area contributed by atoms with Crippen LogP contribution in [0.15, 0.2) is 36.5 Å². The first-order chi connectivity index (χ1) is 9.34. The van der Waals surface area contributed by atoms with Crippen molar-refractivity contribution in [1.29, 1.82) is 0 Å². The minimum absolute atomic E-state index is 0.119. The van der Waals surface area contributed by atoms with E-state index in [2.05, 4.69) is 10.3 Å². The third-order valence-corrected chi connectivity index (χ3v) is 3.38. The van der Waals surface area contributed by atoms with Crippen molar-refractivity contribution < 1.29 is 9.53 Å². The maximum Gasteiger partial charge on any atom is 0.165 e. The second-order valence-corrected chi connectivity index (χ2v) is 4.73. The summed E-state index contributed by atoms with van der Waals surface area (Å²) in [4.78, 5) is 16.7. The van der Waals surface area contributed by atoms with E-state index in [1.165, 1.54) is 0 Å². The molecule has 19 heavy (non-hydrogen) atoms. The molecule has 0 radical (unpaired) electrons. The highest BCUT2D eigenvalue weighted by Gasteiger charge is 2.19. The van der Waals surface area contributed by atoms with Gasteiger partial charge in [0.1, 0.15) is 0 Å². The van der Waals surface area contributed by atoms with Gasteiger partial charge in [-0.05, 0) is 12.1 Å². The molecule has 0 aliphatic carbocycles. The molecular weight excluding hydrogens is 240 g/mol. The lowest BCUT2D eigenvalue weighted by Gasteiger charge is -2.23. The number of morpholine rings is 1. The van der Waals surface area contributed by atoms with Crippen molar-refractivity contribution in [1.82, 2.24) is 10.3 Å². The maximum absolute atomic E-state index is 12.4. The van der Waals surface area contributed by atoms with Crippen molar-refractivity contribution in [2.45, 2.75) is 12.5 Å². The zero-order chi connectivity index (χ0) is 13.1. The van der Waals surface area contributed by atoms with E-state index < -0.39 is 0 Å². The summed E-state index contributed by atoms with van der Waals surface area (Å²) < 4.78 is 5.38. The zero-order valence-electron chi connectivity index (χ0n) is 10.6. The lowest BCUT2D eigenvalue weighted by atomic mass is 9.99. The molecular formula is C15H16N2O2. The number of carbonyl (C=O) groups is 1. The smallest absolute Gasteiger partial charge is 0.165 e. The second kappa shape index (κ2) is 5.47. The Kier molecular flexibility index (Phi) is 3.53. The number of ether oxygens (including phenoxy) is 1. The predicted molar refractivity (Wildman–Crippen MR) is 73.3 cm³/mol. The van der Waals surface area contributed by atoms with Gasteiger partial charge in [-0.3, -0.25) is 9.78 Å². The highest BCUT2D eigenvalue weighted by atomic mass is 16.5. The monoisotopic (exact) mass is 256 g/mol. The number of carbonyl (C=O) groups excluding carboxylic acids is 1. The van der Waals surface area contributed by atoms with Crippen LogP contribution in [-0.4, -0.2) is 36.6 Å². The summed E-state index contributed by atoms with van der Waals surface area (Å²) >= 11 is 0. The number of rotatable bonds is 3. The second-order valence-electron chi connectivity index (χ2n) is 4.73. The van der Waals surface area contributed by atoms with Crippen LogP contribution >= 0.6 is 0 Å². The van der Waals surface area contributed by atoms with Gasteiger partial charge >= 0.3 is 0 Å². The number of ketones is 1. The van der Waals surface area contributed by atoms with Crippen LogP contribution in [0, 0.1) is 0 Å². The van der Waals surface area contributed by atoms with Gasteiger partial charge < -0.3 is 10.1 Å². The van der Waals surface area contributed by atoms with E-state index in [0.29, 0.717) is 13.0 Å². The average Bonchev–Trinajstić information content (AvgIpc) is 2.47. The number of nitrogens with one attached hydrogen (secondary N) is 1. The maximum atomic E-state index is 12.4. The minimum atomic E-state index is 0.119. The summed E-state index contributed by atoms with van der Waals surface area (Å²) in [6.45, 7) is 2.15. The Morgan fingerprint density at radius 2 is 2.32 bits per heavy atom. The molecule has 1 aliphatic rings. The Balaban J connectivity index is 1.85. The molecule has 4 heteroatoms. The van der Waals surface area contributed by atoms with E-state index in [1.54, 1.807) is 6.20 Å². The highest BCUT2D eigenvalue weighted by molar-refractivity contribution is 6.07. The molecule has 1 unspecified atom stereocenters. The van der Waals surface area contributed by atoms with Crippen LogP contribution in [0.5, 0.6) is 0 Å². The fourth-order valence-electron chi connectivity index (χ4n) is 2.43. The molecule has 98 valence electrons. The first kappa shape index (κ1) is 12.3. The number of aromatic nitrogens is 1. The van der Waals surface area contributed by atoms with Gasteiger partial charge in [-0.1, -0.05) is 18.2 Å². The predicted octanol–water partition coefficient (Wildman–Crippen LogP) is 1.80. The molecule has 1 fully saturated rings. The fourth-order valence-corrected chi connectivity index (χ4v) is 2.43. The molecule has 3 rings (SSSR count). The standard InChI is InChI=1S/C15H16N2O2/c18-15(9-11-10-19-8-7-16-11)13-3-1-5-14-12(13)4-2-6-17-14/h1-6,11,16H,7-10H2. The van der Waals surface area contributed by atoms with Crippen LogP contribution in [-0.2, 0) is 4.74 Å². The molecule has 0 amide bonds. The first-order valence-electron chi connectivity index (χ1n) is 6.52. The van der Waals surface area contributed by atoms with Crippen molar-refractivity contribution in [3.8, 4) is 0 Å². The molecule has 2 aromatic rings. The zero-order valence-corrected chi connectivity index (χ0v) is 10.6. The number of Topliss-reactive ketones (excluding diaryl/α,β-unsaturated/α-hetero) is 1. The SMILES string of the molecule is O=C(CC1COCCN1)c1cccc2ncccc12. The molecule has 1 aromatic heterocycles. The normalized spacial score (nSPS) is 19.5. The number of hydrogen-bond acceptors (Lipinski definition) is 4. The van der Waals surface area contributed by atoms with E-state index in [4.69, 9.17) is 4.74 Å². The van der Waals surface area contributed by atoms with E-state index >= 15 is 0 Å². The highest BCUT2D eigenvalue weighted by Crippen LogP contribution is 2.18. The molecule has 1 aromatic carbocycles. The van der Waals surface area contributed by atoms with Gasteiger partial charge in [0, 0.05) is 36.2 Å². The average molecular weight is 256 g/mol. The lowest BCUT2D eigenvalue weighted by Crippen LogP contribution is -2.42. The van der Waals surface area contributed by atoms with Crippen LogP contribution in [0.25, 0.3) is 10.9 Å². The number of nitrogens with zero attached hydrogens (tertiary/aromatic N) is 1. The molecule has 1 N–H and O–H groups in total. The van der Waals surface area contributed by atoms with Gasteiger partial charge in [-0.2, -0.15) is 0 Å². The largest absolute Gasteiger partial charge is 0.378 e. The summed E-state index contributed by atoms with van der Waals surface area (Å²) in [7, 11) is 0. The molecule has 0 saturated carbocycles. The molecule has 2 heterocycles. The van der Waals surface area contributed by atoms with Crippen molar-refractivity contribution in [3.05, 3.63) is 42.1 Å². The van der Waals surface area contributed by atoms with E-state index in [0.717, 1.165) is 29.6 Å². The minimum Gasteiger partial charge on any atom is -0.378 e. The molecule has 1 saturated heterocycles. The summed E-state index contributed by atoms with van der Waals surface area (Å²) in [5, 5.41) is 4.23. The number of pyridine rings is 1. The topological polar surface area (TPSA) is 51.2 Å². The number of benzene rings is 1. The summed E-state index contributed by atoms with van der Waals surface area (Å²) in [5.74, 6) is 0.140. The van der Waals surface area contributed by atoms with Gasteiger partial charge in [0.2, 0.25) is 0 Å². The Morgan fingerprint density at radius 1 is 1.37 bits per heavy atom. The molecule has 0 spiro atoms. The van der Waals surface area contributed by atoms with Crippen LogP contribution in [0.4, 0.5) is 0 Å². The third-order valence-electron chi connectivity index (χ3n) is 3.38. The Morgan fingerprint density at radius 3 is 3.16 bits per heavy atom. The van der Waals surface area contributed by atoms with Crippen LogP contribution in [0.1, 0.15) is 16.8 Å². The number of fused-ring (bicyclic) bond motifs is 1. The van der Waals surface area contributed by atoms with Crippen LogP contribution in [0.2, 0.25) is 0 Å². The van der Waals surface area contributed by atoms with Gasteiger partial charge in [0.15, 0.2) is 5.78 Å². The summed E-state index contributed by atoms with van der Waals surface area (Å²) in [6.07, 6.45) is 2.21. The van der Waals surface area contributed by atoms with Crippen LogP contribution < -0.4 is 5.32 Å². The van der Waals surface area contributed by atoms with Crippen LogP contribution in [0.3, 0.4) is 0 Å². The van der Waals surface area contributed by atoms with Crippen molar-refractivity contribution >= 4 is 16.7 Å². The fraction of sp³-hybridized carbons (Fsp3) is 0.333. The van der Waals surface area contributed by atoms with Gasteiger partial charge in [-0.15, -0.1) is 0 Å². The van der Waals surface area contributed by atoms with Crippen molar-refractivity contribution in [2.75, 3.05) is 19.8 Å². The molecule has 1 aliphatic heterocycles. The third kappa shape index (κ3) is 2.64. The van der Waals surface area contributed by atoms with Gasteiger partial charge in [-0.25, -0.2) is 0 Å². The van der Waals surface area contributed by atoms with Crippen molar-refractivity contribution in [2.24, 2.45) is 0 Å². The Labute approximate surface area is 111 Å². The quantitative estimate of drug-likeness (QED) is 0.851. The van der Waals surface area contributed by atoms with E-state index in [9.17, 15) is 4.79 Å². The van der Waals surface area contributed by atoms with Gasteiger partial charge in [0.05, 0.1) is 18.7 Å². The number of hydrogen-bond donors (Lipinski definition) is 1. The van der Waals surface area contributed by atoms with E-state index in [-0.39, 0.29) is 11.8 Å².